The zero-order chi connectivity index (χ0) is 16.6. The van der Waals surface area contributed by atoms with E-state index < -0.39 is 0 Å². The highest BCUT2D eigenvalue weighted by molar-refractivity contribution is 7.22. The van der Waals surface area contributed by atoms with Crippen LogP contribution in [-0.4, -0.2) is 25.0 Å². The normalized spacial score (nSPS) is 10.8. The van der Waals surface area contributed by atoms with Crippen LogP contribution in [0.4, 0.5) is 10.8 Å². The number of aromatic nitrogens is 1. The summed E-state index contributed by atoms with van der Waals surface area (Å²) in [5.41, 5.74) is 4.99. The maximum absolute atomic E-state index is 12.4. The van der Waals surface area contributed by atoms with E-state index in [9.17, 15) is 4.79 Å². The second-order valence-corrected chi connectivity index (χ2v) is 6.84. The van der Waals surface area contributed by atoms with Crippen LogP contribution in [0.1, 0.15) is 21.5 Å². The molecule has 5 heteroatoms. The van der Waals surface area contributed by atoms with E-state index in [0.717, 1.165) is 15.9 Å². The van der Waals surface area contributed by atoms with Gasteiger partial charge in [0, 0.05) is 25.3 Å². The fourth-order valence-electron chi connectivity index (χ4n) is 2.51. The second kappa shape index (κ2) is 6.01. The van der Waals surface area contributed by atoms with Gasteiger partial charge in [-0.3, -0.25) is 10.1 Å². The van der Waals surface area contributed by atoms with Crippen molar-refractivity contribution >= 4 is 38.3 Å². The maximum atomic E-state index is 12.4. The third-order valence-corrected chi connectivity index (χ3v) is 4.81. The number of anilines is 2. The van der Waals surface area contributed by atoms with E-state index in [1.165, 1.54) is 22.5 Å². The molecule has 0 saturated heterocycles. The largest absolute Gasteiger partial charge is 0.378 e. The van der Waals surface area contributed by atoms with E-state index >= 15 is 0 Å². The summed E-state index contributed by atoms with van der Waals surface area (Å²) in [7, 11) is 3.95. The Morgan fingerprint density at radius 1 is 1.13 bits per heavy atom. The molecule has 1 aromatic heterocycles. The summed E-state index contributed by atoms with van der Waals surface area (Å²) in [6, 6.07) is 11.7. The highest BCUT2D eigenvalue weighted by Crippen LogP contribution is 2.30. The number of nitrogens with one attached hydrogen (secondary N) is 1. The summed E-state index contributed by atoms with van der Waals surface area (Å²) in [6.07, 6.45) is 0. The molecular weight excluding hydrogens is 306 g/mol. The molecule has 118 valence electrons. The second-order valence-electron chi connectivity index (χ2n) is 5.84. The van der Waals surface area contributed by atoms with Crippen molar-refractivity contribution in [1.29, 1.82) is 0 Å². The average Bonchev–Trinajstić information content (AvgIpc) is 2.90. The Kier molecular flexibility index (Phi) is 4.05. The molecule has 23 heavy (non-hydrogen) atoms. The molecule has 0 fully saturated rings. The van der Waals surface area contributed by atoms with Crippen molar-refractivity contribution in [2.24, 2.45) is 0 Å². The van der Waals surface area contributed by atoms with Crippen LogP contribution in [0.3, 0.4) is 0 Å². The van der Waals surface area contributed by atoms with Gasteiger partial charge in [-0.2, -0.15) is 0 Å². The Morgan fingerprint density at radius 2 is 1.83 bits per heavy atom. The third-order valence-electron chi connectivity index (χ3n) is 3.69. The molecule has 0 aliphatic carbocycles. The van der Waals surface area contributed by atoms with Crippen molar-refractivity contribution in [2.45, 2.75) is 13.8 Å². The number of aryl methyl sites for hydroxylation is 2. The molecule has 0 spiro atoms. The lowest BCUT2D eigenvalue weighted by atomic mass is 10.1. The molecule has 0 aliphatic rings. The molecule has 4 nitrogen and oxygen atoms in total. The molecule has 0 bridgehead atoms. The Balaban J connectivity index is 1.83. The summed E-state index contributed by atoms with van der Waals surface area (Å²) >= 11 is 1.51. The van der Waals surface area contributed by atoms with Crippen LogP contribution in [0, 0.1) is 13.8 Å². The van der Waals surface area contributed by atoms with Gasteiger partial charge in [-0.1, -0.05) is 17.4 Å². The average molecular weight is 325 g/mol. The van der Waals surface area contributed by atoms with E-state index in [1.807, 2.05) is 49.3 Å². The molecule has 0 radical (unpaired) electrons. The molecule has 3 aromatic rings. The lowest BCUT2D eigenvalue weighted by molar-refractivity contribution is 0.102. The Hall–Kier alpha value is -2.40. The number of carbonyl (C=O) groups is 1. The van der Waals surface area contributed by atoms with E-state index in [0.29, 0.717) is 10.7 Å². The summed E-state index contributed by atoms with van der Waals surface area (Å²) in [5.74, 6) is -0.135. The van der Waals surface area contributed by atoms with Gasteiger partial charge in [0.1, 0.15) is 0 Å². The number of thiazole rings is 1. The number of amides is 1. The highest BCUT2D eigenvalue weighted by atomic mass is 32.1. The summed E-state index contributed by atoms with van der Waals surface area (Å²) in [4.78, 5) is 18.9. The minimum absolute atomic E-state index is 0.135. The van der Waals surface area contributed by atoms with E-state index in [4.69, 9.17) is 0 Å². The fourth-order valence-corrected chi connectivity index (χ4v) is 3.42. The van der Waals surface area contributed by atoms with E-state index in [1.54, 1.807) is 0 Å². The Labute approximate surface area is 139 Å². The molecule has 2 aromatic carbocycles. The quantitative estimate of drug-likeness (QED) is 0.784. The van der Waals surface area contributed by atoms with Crippen LogP contribution in [-0.2, 0) is 0 Å². The first kappa shape index (κ1) is 15.5. The van der Waals surface area contributed by atoms with Gasteiger partial charge in [0.2, 0.25) is 0 Å². The monoisotopic (exact) mass is 325 g/mol. The molecule has 0 aliphatic heterocycles. The number of hydrogen-bond acceptors (Lipinski definition) is 4. The van der Waals surface area contributed by atoms with Gasteiger partial charge in [0.05, 0.1) is 10.2 Å². The molecule has 0 atom stereocenters. The van der Waals surface area contributed by atoms with Gasteiger partial charge in [-0.25, -0.2) is 4.98 Å². The van der Waals surface area contributed by atoms with Crippen molar-refractivity contribution in [1.82, 2.24) is 4.98 Å². The number of hydrogen-bond donors (Lipinski definition) is 1. The first-order valence-corrected chi connectivity index (χ1v) is 8.22. The smallest absolute Gasteiger partial charge is 0.257 e. The van der Waals surface area contributed by atoms with Gasteiger partial charge in [-0.05, 0) is 55.3 Å². The molecule has 1 N–H and O–H groups in total. The summed E-state index contributed by atoms with van der Waals surface area (Å²) in [5, 5.41) is 3.53. The van der Waals surface area contributed by atoms with E-state index in [2.05, 4.69) is 30.2 Å². The zero-order valence-corrected chi connectivity index (χ0v) is 14.5. The van der Waals surface area contributed by atoms with Crippen molar-refractivity contribution in [2.75, 3.05) is 24.3 Å². The van der Waals surface area contributed by atoms with Crippen LogP contribution < -0.4 is 10.2 Å². The third kappa shape index (κ3) is 3.19. The van der Waals surface area contributed by atoms with Crippen molar-refractivity contribution in [3.63, 3.8) is 0 Å². The molecule has 0 saturated carbocycles. The first-order valence-electron chi connectivity index (χ1n) is 7.40. The molecule has 1 heterocycles. The predicted octanol–water partition coefficient (Wildman–Crippen LogP) is 4.23. The van der Waals surface area contributed by atoms with Gasteiger partial charge >= 0.3 is 0 Å². The molecular formula is C18H19N3OS. The van der Waals surface area contributed by atoms with Crippen LogP contribution in [0.15, 0.2) is 36.4 Å². The molecule has 0 unspecified atom stereocenters. The van der Waals surface area contributed by atoms with Gasteiger partial charge in [0.25, 0.3) is 5.91 Å². The van der Waals surface area contributed by atoms with Crippen molar-refractivity contribution in [3.8, 4) is 0 Å². The summed E-state index contributed by atoms with van der Waals surface area (Å²) < 4.78 is 1.12. The minimum Gasteiger partial charge on any atom is -0.378 e. The van der Waals surface area contributed by atoms with Gasteiger partial charge in [0.15, 0.2) is 5.13 Å². The van der Waals surface area contributed by atoms with Crippen LogP contribution >= 0.6 is 11.3 Å². The Bertz CT molecular complexity index is 866. The summed E-state index contributed by atoms with van der Waals surface area (Å²) in [6.45, 7) is 4.12. The first-order chi connectivity index (χ1) is 10.9. The number of carbonyl (C=O) groups excluding carboxylic acids is 1. The number of fused-ring (bicyclic) bond motifs is 1. The fraction of sp³-hybridized carbons (Fsp3) is 0.222. The van der Waals surface area contributed by atoms with E-state index in [-0.39, 0.29) is 5.91 Å². The van der Waals surface area contributed by atoms with Crippen molar-refractivity contribution < 1.29 is 4.79 Å². The van der Waals surface area contributed by atoms with Crippen LogP contribution in [0.2, 0.25) is 0 Å². The lowest BCUT2D eigenvalue weighted by Gasteiger charge is -2.12. The standard InChI is InChI=1S/C18H19N3OS/c1-11-9-12(2)16-15(10-11)19-18(23-16)20-17(22)13-5-7-14(8-6-13)21(3)4/h5-10H,1-4H3,(H,19,20,22). The highest BCUT2D eigenvalue weighted by Gasteiger charge is 2.11. The molecule has 1 amide bonds. The number of benzene rings is 2. The molecule has 3 rings (SSSR count). The SMILES string of the molecule is Cc1cc(C)c2sc(NC(=O)c3ccc(N(C)C)cc3)nc2c1. The van der Waals surface area contributed by atoms with Gasteiger partial charge < -0.3 is 4.90 Å². The topological polar surface area (TPSA) is 45.2 Å². The van der Waals surface area contributed by atoms with Crippen LogP contribution in [0.5, 0.6) is 0 Å². The number of rotatable bonds is 3. The lowest BCUT2D eigenvalue weighted by Crippen LogP contribution is -2.13. The van der Waals surface area contributed by atoms with Crippen LogP contribution in [0.25, 0.3) is 10.2 Å². The predicted molar refractivity (Wildman–Crippen MR) is 97.8 cm³/mol. The number of nitrogens with zero attached hydrogens (tertiary/aromatic N) is 2. The maximum Gasteiger partial charge on any atom is 0.257 e. The van der Waals surface area contributed by atoms with Gasteiger partial charge in [-0.15, -0.1) is 0 Å². The Morgan fingerprint density at radius 3 is 2.48 bits per heavy atom. The van der Waals surface area contributed by atoms with Crippen molar-refractivity contribution in [3.05, 3.63) is 53.1 Å². The minimum atomic E-state index is -0.135. The zero-order valence-electron chi connectivity index (χ0n) is 13.7.